The van der Waals surface area contributed by atoms with E-state index in [0.717, 1.165) is 0 Å². The third-order valence-corrected chi connectivity index (χ3v) is 7.01. The van der Waals surface area contributed by atoms with Gasteiger partial charge in [-0.3, -0.25) is 24.0 Å². The van der Waals surface area contributed by atoms with Crippen LogP contribution in [0.5, 0.6) is 5.75 Å². The van der Waals surface area contributed by atoms with Gasteiger partial charge >= 0.3 is 12.1 Å². The highest BCUT2D eigenvalue weighted by molar-refractivity contribution is 5.99. The van der Waals surface area contributed by atoms with Crippen LogP contribution < -0.4 is 10.1 Å². The Hall–Kier alpha value is -4.75. The lowest BCUT2D eigenvalue weighted by Gasteiger charge is -2.35. The summed E-state index contributed by atoms with van der Waals surface area (Å²) in [5, 5.41) is 12.4. The Morgan fingerprint density at radius 2 is 1.74 bits per heavy atom. The maximum atomic E-state index is 13.4. The predicted molar refractivity (Wildman–Crippen MR) is 147 cm³/mol. The van der Waals surface area contributed by atoms with Crippen LogP contribution in [0.4, 0.5) is 4.79 Å². The summed E-state index contributed by atoms with van der Waals surface area (Å²) in [6, 6.07) is 7.05. The first-order chi connectivity index (χ1) is 20.2. The molecular formula is C28H33N5O9. The number of hydrogen-bond donors (Lipinski definition) is 2. The van der Waals surface area contributed by atoms with Gasteiger partial charge in [0.15, 0.2) is 12.4 Å². The molecule has 14 nitrogen and oxygen atoms in total. The molecule has 1 atom stereocenters. The molecule has 2 fully saturated rings. The van der Waals surface area contributed by atoms with Crippen LogP contribution in [0, 0.1) is 0 Å². The number of aromatic nitrogens is 1. The molecule has 2 aromatic rings. The zero-order valence-electron chi connectivity index (χ0n) is 23.2. The normalized spacial score (nSPS) is 15.8. The van der Waals surface area contributed by atoms with Crippen molar-refractivity contribution in [3.05, 3.63) is 36.0 Å². The Kier molecular flexibility index (Phi) is 9.89. The molecule has 2 N–H and O–H groups in total. The van der Waals surface area contributed by atoms with Crippen LogP contribution >= 0.6 is 0 Å². The molecule has 2 aliphatic heterocycles. The summed E-state index contributed by atoms with van der Waals surface area (Å²) >= 11 is 0. The fraction of sp³-hybridized carbons (Fsp3) is 0.464. The molecule has 2 saturated heterocycles. The Morgan fingerprint density at radius 3 is 2.40 bits per heavy atom. The number of nitrogens with zero attached hydrogens (tertiary/aromatic N) is 4. The molecule has 4 amide bonds. The van der Waals surface area contributed by atoms with Crippen molar-refractivity contribution in [3.8, 4) is 5.75 Å². The van der Waals surface area contributed by atoms with Crippen molar-refractivity contribution < 1.29 is 43.3 Å². The minimum atomic E-state index is -1.16. The maximum absolute atomic E-state index is 13.4. The molecule has 0 saturated carbocycles. The smallest absolute Gasteiger partial charge is 0.409 e. The molecule has 1 aromatic carbocycles. The molecular weight excluding hydrogens is 550 g/mol. The molecule has 0 bridgehead atoms. The molecule has 0 radical (unpaired) electrons. The van der Waals surface area contributed by atoms with E-state index in [9.17, 15) is 33.9 Å². The van der Waals surface area contributed by atoms with Crippen molar-refractivity contribution in [2.75, 3.05) is 52.5 Å². The predicted octanol–water partition coefficient (Wildman–Crippen LogP) is 0.679. The van der Waals surface area contributed by atoms with Crippen LogP contribution in [0.1, 0.15) is 36.7 Å². The first-order valence-electron chi connectivity index (χ1n) is 13.7. The fourth-order valence-corrected chi connectivity index (χ4v) is 4.76. The van der Waals surface area contributed by atoms with Gasteiger partial charge in [0.25, 0.3) is 11.8 Å². The molecule has 42 heavy (non-hydrogen) atoms. The number of fused-ring (bicyclic) bond motifs is 1. The van der Waals surface area contributed by atoms with Gasteiger partial charge in [0.2, 0.25) is 5.91 Å². The van der Waals surface area contributed by atoms with E-state index < -0.39 is 29.9 Å². The van der Waals surface area contributed by atoms with Gasteiger partial charge in [-0.05, 0) is 25.5 Å². The number of piperazine rings is 1. The second kappa shape index (κ2) is 13.7. The van der Waals surface area contributed by atoms with Crippen molar-refractivity contribution in [1.82, 2.24) is 25.0 Å². The minimum Gasteiger partial charge on any atom is -0.483 e. The lowest BCUT2D eigenvalue weighted by molar-refractivity contribution is -0.138. The third kappa shape index (κ3) is 7.50. The topological polar surface area (TPSA) is 176 Å². The van der Waals surface area contributed by atoms with E-state index in [-0.39, 0.29) is 81.9 Å². The van der Waals surface area contributed by atoms with E-state index >= 15 is 0 Å². The zero-order valence-corrected chi connectivity index (χ0v) is 23.2. The number of Topliss-reactive ketones (excluding diaryl/α,β-unsaturated/α-hetero) is 1. The minimum absolute atomic E-state index is 0.0236. The van der Waals surface area contributed by atoms with Crippen molar-refractivity contribution in [2.45, 2.75) is 32.2 Å². The summed E-state index contributed by atoms with van der Waals surface area (Å²) in [5.41, 5.74) is 0.320. The van der Waals surface area contributed by atoms with Gasteiger partial charge in [0.1, 0.15) is 17.5 Å². The summed E-state index contributed by atoms with van der Waals surface area (Å²) in [6.45, 7) is 2.81. The summed E-state index contributed by atoms with van der Waals surface area (Å²) in [5.74, 6) is -2.50. The van der Waals surface area contributed by atoms with Crippen LogP contribution in [-0.4, -0.2) is 119 Å². The average Bonchev–Trinajstić information content (AvgIpc) is 3.43. The van der Waals surface area contributed by atoms with Crippen molar-refractivity contribution >= 4 is 46.5 Å². The molecule has 2 aliphatic rings. The highest BCUT2D eigenvalue weighted by Crippen LogP contribution is 2.26. The lowest BCUT2D eigenvalue weighted by Crippen LogP contribution is -2.56. The molecule has 0 unspecified atom stereocenters. The number of pyridine rings is 1. The fourth-order valence-electron chi connectivity index (χ4n) is 4.76. The van der Waals surface area contributed by atoms with Gasteiger partial charge in [0, 0.05) is 57.0 Å². The average molecular weight is 584 g/mol. The number of likely N-dealkylation sites (tertiary alicyclic amines) is 1. The molecule has 1 aromatic heterocycles. The molecule has 3 heterocycles. The van der Waals surface area contributed by atoms with Gasteiger partial charge in [-0.15, -0.1) is 0 Å². The maximum Gasteiger partial charge on any atom is 0.409 e. The number of carbonyl (C=O) groups is 6. The zero-order chi connectivity index (χ0) is 30.2. The number of hydrogen-bond acceptors (Lipinski definition) is 9. The Labute approximate surface area is 241 Å². The summed E-state index contributed by atoms with van der Waals surface area (Å²) in [6.07, 6.45) is -0.689. The van der Waals surface area contributed by atoms with E-state index in [1.165, 1.54) is 20.8 Å². The van der Waals surface area contributed by atoms with Gasteiger partial charge in [0.05, 0.1) is 18.7 Å². The summed E-state index contributed by atoms with van der Waals surface area (Å²) < 4.78 is 10.8. The third-order valence-electron chi connectivity index (χ3n) is 7.01. The number of carboxylic acid groups (broad SMARTS) is 1. The number of carboxylic acids is 1. The van der Waals surface area contributed by atoms with Gasteiger partial charge in [-0.1, -0.05) is 12.1 Å². The first kappa shape index (κ1) is 30.2. The van der Waals surface area contributed by atoms with Gasteiger partial charge in [-0.25, -0.2) is 9.78 Å². The second-order valence-electron chi connectivity index (χ2n) is 9.89. The van der Waals surface area contributed by atoms with Crippen LogP contribution in [0.2, 0.25) is 0 Å². The SMILES string of the molecule is CCOC(=O)N1CCN(C(=O)[C@H](CCC(=O)O)NC(=O)c2cc(OCC(=O)N3CCC(=O)C3)c3ccccc3n2)CC1. The number of carbonyl (C=O) groups excluding carboxylic acids is 5. The van der Waals surface area contributed by atoms with Crippen molar-refractivity contribution in [2.24, 2.45) is 0 Å². The molecule has 224 valence electrons. The number of ketones is 1. The van der Waals surface area contributed by atoms with Crippen LogP contribution in [0.3, 0.4) is 0 Å². The highest BCUT2D eigenvalue weighted by Gasteiger charge is 2.31. The number of amides is 4. The molecule has 0 aliphatic carbocycles. The number of para-hydroxylation sites is 1. The van der Waals surface area contributed by atoms with Crippen LogP contribution in [0.25, 0.3) is 10.9 Å². The standard InChI is InChI=1S/C28H33N5O9/c1-2-41-28(40)32-13-11-31(12-14-32)27(39)21(7-8-25(36)37)30-26(38)22-15-23(19-5-3-4-6-20(19)29-22)42-17-24(35)33-10-9-18(34)16-33/h3-6,15,21H,2,7-14,16-17H2,1H3,(H,30,38)(H,36,37)/t21-/m0/s1. The van der Waals surface area contributed by atoms with E-state index in [1.54, 1.807) is 31.2 Å². The van der Waals surface area contributed by atoms with E-state index in [0.29, 0.717) is 23.9 Å². The Balaban J connectivity index is 1.48. The Morgan fingerprint density at radius 1 is 1.02 bits per heavy atom. The summed E-state index contributed by atoms with van der Waals surface area (Å²) in [7, 11) is 0. The number of aliphatic carboxylic acids is 1. The Bertz CT molecular complexity index is 1370. The summed E-state index contributed by atoms with van der Waals surface area (Å²) in [4.78, 5) is 82.8. The lowest BCUT2D eigenvalue weighted by atomic mass is 10.1. The number of ether oxygens (including phenoxy) is 2. The number of rotatable bonds is 10. The van der Waals surface area contributed by atoms with E-state index in [4.69, 9.17) is 9.47 Å². The van der Waals surface area contributed by atoms with E-state index in [1.807, 2.05) is 0 Å². The van der Waals surface area contributed by atoms with Crippen LogP contribution in [-0.2, 0) is 23.9 Å². The molecule has 4 rings (SSSR count). The van der Waals surface area contributed by atoms with Crippen LogP contribution in [0.15, 0.2) is 30.3 Å². The molecule has 0 spiro atoms. The van der Waals surface area contributed by atoms with E-state index in [2.05, 4.69) is 10.3 Å². The number of nitrogens with one attached hydrogen (secondary N) is 1. The molecule has 14 heteroatoms. The van der Waals surface area contributed by atoms with Gasteiger partial charge < -0.3 is 34.6 Å². The first-order valence-corrected chi connectivity index (χ1v) is 13.7. The highest BCUT2D eigenvalue weighted by atomic mass is 16.6. The van der Waals surface area contributed by atoms with Gasteiger partial charge in [-0.2, -0.15) is 0 Å². The monoisotopic (exact) mass is 583 g/mol. The van der Waals surface area contributed by atoms with Crippen molar-refractivity contribution in [3.63, 3.8) is 0 Å². The number of benzene rings is 1. The van der Waals surface area contributed by atoms with Crippen molar-refractivity contribution in [1.29, 1.82) is 0 Å². The second-order valence-corrected chi connectivity index (χ2v) is 9.89. The largest absolute Gasteiger partial charge is 0.483 e. The quantitative estimate of drug-likeness (QED) is 0.404.